The monoisotopic (exact) mass is 468 g/mol. The lowest BCUT2D eigenvalue weighted by Gasteiger charge is -2.31. The third-order valence-corrected chi connectivity index (χ3v) is 5.92. The number of halogens is 1. The number of pyridine rings is 1. The molecule has 2 aromatic heterocycles. The van der Waals surface area contributed by atoms with E-state index in [0.717, 1.165) is 0 Å². The number of carbonyl (C=O) groups excluding carboxylic acids is 2. The fourth-order valence-electron chi connectivity index (χ4n) is 4.21. The summed E-state index contributed by atoms with van der Waals surface area (Å²) < 4.78 is 27.6. The summed E-state index contributed by atoms with van der Waals surface area (Å²) in [6, 6.07) is 10.3. The van der Waals surface area contributed by atoms with Crippen LogP contribution in [0.4, 0.5) is 15.0 Å². The van der Waals surface area contributed by atoms with E-state index in [9.17, 15) is 9.59 Å². The summed E-state index contributed by atoms with van der Waals surface area (Å²) >= 11 is 0. The number of nitrogens with two attached hydrogens (primary N) is 1. The minimum atomic E-state index is -0.727. The standard InChI is InChI=1S/C25H29FN4O4/c1-25(2,3)34-24(32)30-19-7-5-17(33-4)13-16(19)14-20(30)18-6-8-21(28-22(18)26)29-11-9-15(10-12-29)23(27)31/h5-8,13-15H,9-12H2,1-4H3,(H2,27,31). The van der Waals surface area contributed by atoms with Gasteiger partial charge in [0.15, 0.2) is 0 Å². The zero-order valence-electron chi connectivity index (χ0n) is 19.8. The number of amides is 1. The molecule has 180 valence electrons. The Morgan fingerprint density at radius 2 is 1.82 bits per heavy atom. The normalized spacial score (nSPS) is 14.9. The van der Waals surface area contributed by atoms with Gasteiger partial charge in [-0.3, -0.25) is 4.79 Å². The fraction of sp³-hybridized carbons (Fsp3) is 0.400. The van der Waals surface area contributed by atoms with E-state index in [4.69, 9.17) is 15.2 Å². The molecule has 0 radical (unpaired) electrons. The highest BCUT2D eigenvalue weighted by molar-refractivity contribution is 5.97. The van der Waals surface area contributed by atoms with Crippen molar-refractivity contribution in [3.05, 3.63) is 42.3 Å². The zero-order valence-corrected chi connectivity index (χ0v) is 19.8. The molecule has 1 fully saturated rings. The van der Waals surface area contributed by atoms with Gasteiger partial charge in [-0.1, -0.05) is 0 Å². The molecule has 0 unspecified atom stereocenters. The van der Waals surface area contributed by atoms with Crippen molar-refractivity contribution in [1.82, 2.24) is 9.55 Å². The first kappa shape index (κ1) is 23.5. The van der Waals surface area contributed by atoms with Crippen LogP contribution in [-0.4, -0.2) is 47.4 Å². The number of rotatable bonds is 4. The minimum Gasteiger partial charge on any atom is -0.497 e. The van der Waals surface area contributed by atoms with Crippen molar-refractivity contribution in [1.29, 1.82) is 0 Å². The van der Waals surface area contributed by atoms with Crippen molar-refractivity contribution in [2.45, 2.75) is 39.2 Å². The molecule has 1 aliphatic rings. The average Bonchev–Trinajstić information content (AvgIpc) is 3.16. The molecule has 0 aliphatic carbocycles. The minimum absolute atomic E-state index is 0.165. The number of aromatic nitrogens is 2. The van der Waals surface area contributed by atoms with Crippen molar-refractivity contribution in [3.8, 4) is 17.0 Å². The molecule has 0 spiro atoms. The molecule has 0 atom stereocenters. The summed E-state index contributed by atoms with van der Waals surface area (Å²) in [4.78, 5) is 30.6. The van der Waals surface area contributed by atoms with E-state index in [-0.39, 0.29) is 17.4 Å². The molecule has 8 nitrogen and oxygen atoms in total. The Balaban J connectivity index is 1.73. The Morgan fingerprint density at radius 3 is 2.41 bits per heavy atom. The van der Waals surface area contributed by atoms with Crippen LogP contribution in [0.25, 0.3) is 22.2 Å². The highest BCUT2D eigenvalue weighted by Gasteiger charge is 2.27. The first-order valence-corrected chi connectivity index (χ1v) is 11.2. The molecule has 34 heavy (non-hydrogen) atoms. The summed E-state index contributed by atoms with van der Waals surface area (Å²) in [5, 5.41) is 0.706. The van der Waals surface area contributed by atoms with Crippen molar-refractivity contribution in [3.63, 3.8) is 0 Å². The van der Waals surface area contributed by atoms with Gasteiger partial charge >= 0.3 is 6.09 Å². The second-order valence-electron chi connectivity index (χ2n) is 9.44. The summed E-state index contributed by atoms with van der Waals surface area (Å²) in [6.07, 6.45) is 0.601. The fourth-order valence-corrected chi connectivity index (χ4v) is 4.21. The number of primary amides is 1. The second-order valence-corrected chi connectivity index (χ2v) is 9.44. The molecule has 9 heteroatoms. The summed E-state index contributed by atoms with van der Waals surface area (Å²) in [6.45, 7) is 6.46. The Morgan fingerprint density at radius 1 is 1.12 bits per heavy atom. The third-order valence-electron chi connectivity index (χ3n) is 5.92. The predicted octanol–water partition coefficient (Wildman–Crippen LogP) is 4.34. The van der Waals surface area contributed by atoms with Crippen LogP contribution < -0.4 is 15.4 Å². The van der Waals surface area contributed by atoms with Crippen LogP contribution in [0.5, 0.6) is 5.75 Å². The van der Waals surface area contributed by atoms with Crippen molar-refractivity contribution in [2.24, 2.45) is 11.7 Å². The Kier molecular flexibility index (Phi) is 6.20. The Hall–Kier alpha value is -3.62. The van der Waals surface area contributed by atoms with Crippen molar-refractivity contribution in [2.75, 3.05) is 25.1 Å². The smallest absolute Gasteiger partial charge is 0.419 e. The Labute approximate surface area is 197 Å². The number of methoxy groups -OCH3 is 1. The van der Waals surface area contributed by atoms with Crippen LogP contribution in [0.1, 0.15) is 33.6 Å². The molecule has 0 bridgehead atoms. The first-order chi connectivity index (χ1) is 16.1. The molecule has 1 aliphatic heterocycles. The molecule has 0 saturated carbocycles. The van der Waals surface area contributed by atoms with Crippen LogP contribution in [-0.2, 0) is 9.53 Å². The lowest BCUT2D eigenvalue weighted by Crippen LogP contribution is -2.39. The van der Waals surface area contributed by atoms with E-state index < -0.39 is 17.6 Å². The van der Waals surface area contributed by atoms with Crippen LogP contribution in [0.2, 0.25) is 0 Å². The maximum Gasteiger partial charge on any atom is 0.419 e. The number of nitrogens with zero attached hydrogens (tertiary/aromatic N) is 3. The van der Waals surface area contributed by atoms with E-state index in [2.05, 4.69) is 4.98 Å². The van der Waals surface area contributed by atoms with Crippen LogP contribution in [0.15, 0.2) is 36.4 Å². The van der Waals surface area contributed by atoms with Gasteiger partial charge in [0.2, 0.25) is 11.9 Å². The van der Waals surface area contributed by atoms with E-state index in [0.29, 0.717) is 54.1 Å². The van der Waals surface area contributed by atoms with Gasteiger partial charge < -0.3 is 20.1 Å². The molecule has 1 aromatic carbocycles. The van der Waals surface area contributed by atoms with Gasteiger partial charge in [0.25, 0.3) is 0 Å². The molecular weight excluding hydrogens is 439 g/mol. The quantitative estimate of drug-likeness (QED) is 0.572. The first-order valence-electron chi connectivity index (χ1n) is 11.2. The maximum absolute atomic E-state index is 15.3. The molecule has 1 saturated heterocycles. The largest absolute Gasteiger partial charge is 0.497 e. The average molecular weight is 469 g/mol. The number of fused-ring (bicyclic) bond motifs is 1. The van der Waals surface area contributed by atoms with Gasteiger partial charge in [0.05, 0.1) is 23.9 Å². The lowest BCUT2D eigenvalue weighted by atomic mass is 9.96. The van der Waals surface area contributed by atoms with Gasteiger partial charge in [-0.2, -0.15) is 4.39 Å². The van der Waals surface area contributed by atoms with Crippen LogP contribution in [0.3, 0.4) is 0 Å². The van der Waals surface area contributed by atoms with Gasteiger partial charge in [0.1, 0.15) is 17.2 Å². The molecule has 4 rings (SSSR count). The van der Waals surface area contributed by atoms with E-state index in [1.165, 1.54) is 4.57 Å². The number of carbonyl (C=O) groups is 2. The molecular formula is C25H29FN4O4. The zero-order chi connectivity index (χ0) is 24.6. The number of hydrogen-bond donors (Lipinski definition) is 1. The third kappa shape index (κ3) is 4.69. The van der Waals surface area contributed by atoms with Gasteiger partial charge in [-0.05, 0) is 70.0 Å². The highest BCUT2D eigenvalue weighted by atomic mass is 19.1. The number of ether oxygens (including phenoxy) is 2. The lowest BCUT2D eigenvalue weighted by molar-refractivity contribution is -0.122. The summed E-state index contributed by atoms with van der Waals surface area (Å²) in [7, 11) is 1.56. The van der Waals surface area contributed by atoms with E-state index in [1.807, 2.05) is 4.90 Å². The molecule has 3 heterocycles. The predicted molar refractivity (Wildman–Crippen MR) is 127 cm³/mol. The SMILES string of the molecule is COc1ccc2c(c1)cc(-c1ccc(N3CCC(C(N)=O)CC3)nc1F)n2C(=O)OC(C)(C)C. The topological polar surface area (TPSA) is 99.7 Å². The van der Waals surface area contributed by atoms with Gasteiger partial charge in [0, 0.05) is 24.4 Å². The van der Waals surface area contributed by atoms with Crippen molar-refractivity contribution < 1.29 is 23.5 Å². The number of benzene rings is 1. The highest BCUT2D eigenvalue weighted by Crippen LogP contribution is 2.33. The summed E-state index contributed by atoms with van der Waals surface area (Å²) in [5.41, 5.74) is 5.76. The molecule has 3 aromatic rings. The number of anilines is 1. The van der Waals surface area contributed by atoms with Crippen LogP contribution in [0, 0.1) is 11.9 Å². The Bertz CT molecular complexity index is 1240. The molecule has 2 N–H and O–H groups in total. The van der Waals surface area contributed by atoms with E-state index in [1.54, 1.807) is 64.3 Å². The summed E-state index contributed by atoms with van der Waals surface area (Å²) in [5.74, 6) is -0.0730. The molecule has 1 amide bonds. The van der Waals surface area contributed by atoms with Crippen LogP contribution >= 0.6 is 0 Å². The second kappa shape index (κ2) is 8.96. The van der Waals surface area contributed by atoms with Gasteiger partial charge in [-0.15, -0.1) is 0 Å². The maximum atomic E-state index is 15.3. The number of piperidine rings is 1. The van der Waals surface area contributed by atoms with E-state index >= 15 is 4.39 Å². The van der Waals surface area contributed by atoms with Crippen molar-refractivity contribution >= 4 is 28.7 Å². The number of hydrogen-bond acceptors (Lipinski definition) is 6. The van der Waals surface area contributed by atoms with Gasteiger partial charge in [-0.25, -0.2) is 14.3 Å².